The molecule has 0 spiro atoms. The molecule has 0 aliphatic carbocycles. The molecule has 1 amide bonds. The number of carbonyl (C=O) groups excluding carboxylic acids is 3. The summed E-state index contributed by atoms with van der Waals surface area (Å²) in [6, 6.07) is 5.18. The molecule has 0 radical (unpaired) electrons. The number of rotatable bonds is 7. The summed E-state index contributed by atoms with van der Waals surface area (Å²) in [5.41, 5.74) is 3.56. The van der Waals surface area contributed by atoms with Crippen LogP contribution in [0.5, 0.6) is 0 Å². The van der Waals surface area contributed by atoms with E-state index in [1.54, 1.807) is 18.2 Å². The van der Waals surface area contributed by atoms with Crippen LogP contribution in [0.3, 0.4) is 0 Å². The fraction of sp³-hybridized carbons (Fsp3) is 0.286. The number of nitrogens with zero attached hydrogens (tertiary/aromatic N) is 1. The van der Waals surface area contributed by atoms with Gasteiger partial charge in [0.2, 0.25) is 0 Å². The van der Waals surface area contributed by atoms with Crippen LogP contribution in [0.4, 0.5) is 0 Å². The second-order valence-corrected chi connectivity index (χ2v) is 5.73. The molecule has 0 saturated heterocycles. The number of amides is 1. The number of quaternary nitrogens is 1. The van der Waals surface area contributed by atoms with Crippen LogP contribution in [-0.2, 0) is 14.3 Å². The number of hydrogen-bond acceptors (Lipinski definition) is 6. The Kier molecular flexibility index (Phi) is 6.44. The SMILES string of the molecule is C=C([NH3+])[C@H](C#N)C(=O)COC(=O)CNC(=O)c1ccc(C)s1. The number of aryl methyl sites for hydroxylation is 1. The highest BCUT2D eigenvalue weighted by Crippen LogP contribution is 2.14. The van der Waals surface area contributed by atoms with Crippen LogP contribution >= 0.6 is 11.3 Å². The highest BCUT2D eigenvalue weighted by atomic mass is 32.1. The Bertz CT molecular complexity index is 645. The van der Waals surface area contributed by atoms with Gasteiger partial charge in [-0.2, -0.15) is 5.26 Å². The van der Waals surface area contributed by atoms with Gasteiger partial charge >= 0.3 is 5.97 Å². The maximum atomic E-state index is 11.7. The molecule has 0 saturated carbocycles. The molecule has 4 N–H and O–H groups in total. The zero-order valence-electron chi connectivity index (χ0n) is 12.0. The Morgan fingerprint density at radius 1 is 1.50 bits per heavy atom. The first kappa shape index (κ1) is 17.6. The van der Waals surface area contributed by atoms with Crippen molar-refractivity contribution in [2.75, 3.05) is 13.2 Å². The zero-order valence-corrected chi connectivity index (χ0v) is 12.9. The standard InChI is InChI=1S/C14H15N3O4S/c1-8-3-4-12(22-8)14(20)17-6-13(19)21-7-11(18)10(5-15)9(2)16/h3-4,10H,2,6-7,16H2,1H3,(H,17,20)/p+1/t10-/m0/s1. The number of nitrogens with one attached hydrogen (secondary N) is 1. The third-order valence-electron chi connectivity index (χ3n) is 2.59. The normalized spacial score (nSPS) is 11.1. The van der Waals surface area contributed by atoms with Crippen molar-refractivity contribution in [2.45, 2.75) is 6.92 Å². The van der Waals surface area contributed by atoms with Crippen LogP contribution in [-0.4, -0.2) is 30.8 Å². The lowest BCUT2D eigenvalue weighted by molar-refractivity contribution is -0.309. The van der Waals surface area contributed by atoms with Crippen molar-refractivity contribution >= 4 is 29.0 Å². The first-order valence-corrected chi connectivity index (χ1v) is 7.10. The van der Waals surface area contributed by atoms with E-state index < -0.39 is 24.3 Å². The summed E-state index contributed by atoms with van der Waals surface area (Å²) in [4.78, 5) is 36.2. The Hall–Kier alpha value is -2.50. The Balaban J connectivity index is 2.38. The van der Waals surface area contributed by atoms with E-state index in [-0.39, 0.29) is 18.1 Å². The molecule has 1 aromatic rings. The number of nitriles is 1. The van der Waals surface area contributed by atoms with Crippen molar-refractivity contribution in [3.05, 3.63) is 34.2 Å². The number of thiophene rings is 1. The van der Waals surface area contributed by atoms with Crippen LogP contribution in [0.15, 0.2) is 24.4 Å². The molecule has 0 aromatic carbocycles. The molecular weight excluding hydrogens is 306 g/mol. The molecule has 1 heterocycles. The molecule has 0 fully saturated rings. The van der Waals surface area contributed by atoms with Crippen molar-refractivity contribution in [1.29, 1.82) is 5.26 Å². The van der Waals surface area contributed by atoms with Crippen LogP contribution < -0.4 is 11.1 Å². The lowest BCUT2D eigenvalue weighted by atomic mass is 10.0. The second kappa shape index (κ2) is 8.07. The maximum Gasteiger partial charge on any atom is 0.325 e. The van der Waals surface area contributed by atoms with Gasteiger partial charge in [-0.05, 0) is 25.6 Å². The predicted octanol–water partition coefficient (Wildman–Crippen LogP) is -0.206. The summed E-state index contributed by atoms with van der Waals surface area (Å²) in [6.45, 7) is 4.37. The second-order valence-electron chi connectivity index (χ2n) is 4.44. The number of hydrogen-bond donors (Lipinski definition) is 2. The van der Waals surface area contributed by atoms with Crippen LogP contribution in [0.1, 0.15) is 14.5 Å². The van der Waals surface area contributed by atoms with E-state index in [4.69, 9.17) is 10.00 Å². The molecule has 0 unspecified atom stereocenters. The van der Waals surface area contributed by atoms with Crippen LogP contribution in [0.2, 0.25) is 0 Å². The van der Waals surface area contributed by atoms with Gasteiger partial charge in [-0.1, -0.05) is 0 Å². The molecular formula is C14H16N3O4S+. The molecule has 7 nitrogen and oxygen atoms in total. The molecule has 1 rings (SSSR count). The maximum absolute atomic E-state index is 11.7. The van der Waals surface area contributed by atoms with Gasteiger partial charge < -0.3 is 15.8 Å². The van der Waals surface area contributed by atoms with Crippen molar-refractivity contribution in [2.24, 2.45) is 5.92 Å². The predicted molar refractivity (Wildman–Crippen MR) is 78.5 cm³/mol. The lowest BCUT2D eigenvalue weighted by Crippen LogP contribution is -2.51. The topological polar surface area (TPSA) is 124 Å². The summed E-state index contributed by atoms with van der Waals surface area (Å²) in [6.07, 6.45) is 0. The molecule has 1 atom stereocenters. The minimum atomic E-state index is -1.10. The van der Waals surface area contributed by atoms with Crippen molar-refractivity contribution in [3.8, 4) is 6.07 Å². The van der Waals surface area contributed by atoms with Crippen molar-refractivity contribution in [1.82, 2.24) is 5.32 Å². The van der Waals surface area contributed by atoms with Gasteiger partial charge in [0.25, 0.3) is 5.91 Å². The van der Waals surface area contributed by atoms with Gasteiger partial charge in [0.15, 0.2) is 18.3 Å². The minimum absolute atomic E-state index is 0.143. The molecule has 1 aromatic heterocycles. The molecule has 0 bridgehead atoms. The van der Waals surface area contributed by atoms with E-state index in [0.717, 1.165) is 4.88 Å². The quantitative estimate of drug-likeness (QED) is 0.672. The van der Waals surface area contributed by atoms with Gasteiger partial charge in [0, 0.05) is 4.88 Å². The van der Waals surface area contributed by atoms with Crippen molar-refractivity contribution in [3.63, 3.8) is 0 Å². The van der Waals surface area contributed by atoms with Gasteiger partial charge in [0.1, 0.15) is 12.2 Å². The Morgan fingerprint density at radius 2 is 2.18 bits per heavy atom. The summed E-state index contributed by atoms with van der Waals surface area (Å²) < 4.78 is 4.71. The van der Waals surface area contributed by atoms with E-state index in [1.165, 1.54) is 11.3 Å². The van der Waals surface area contributed by atoms with Crippen LogP contribution in [0.25, 0.3) is 0 Å². The number of carbonyl (C=O) groups is 3. The summed E-state index contributed by atoms with van der Waals surface area (Å²) in [5.74, 6) is -2.85. The van der Waals surface area contributed by atoms with Crippen LogP contribution in [0, 0.1) is 24.2 Å². The molecule has 22 heavy (non-hydrogen) atoms. The summed E-state index contributed by atoms with van der Waals surface area (Å²) in [7, 11) is 0. The number of ether oxygens (including phenoxy) is 1. The molecule has 0 aliphatic rings. The average Bonchev–Trinajstić information content (AvgIpc) is 2.89. The summed E-state index contributed by atoms with van der Waals surface area (Å²) >= 11 is 1.30. The summed E-state index contributed by atoms with van der Waals surface area (Å²) in [5, 5.41) is 11.2. The fourth-order valence-corrected chi connectivity index (χ4v) is 2.26. The van der Waals surface area contributed by atoms with Gasteiger partial charge in [-0.15, -0.1) is 11.3 Å². The fourth-order valence-electron chi connectivity index (χ4n) is 1.47. The highest BCUT2D eigenvalue weighted by molar-refractivity contribution is 7.13. The monoisotopic (exact) mass is 322 g/mol. The molecule has 0 aliphatic heterocycles. The van der Waals surface area contributed by atoms with E-state index >= 15 is 0 Å². The largest absolute Gasteiger partial charge is 0.456 e. The third kappa shape index (κ3) is 5.12. The lowest BCUT2D eigenvalue weighted by Gasteiger charge is -2.07. The average molecular weight is 322 g/mol. The number of esters is 1. The van der Waals surface area contributed by atoms with E-state index in [9.17, 15) is 14.4 Å². The smallest absolute Gasteiger partial charge is 0.325 e. The van der Waals surface area contributed by atoms with E-state index in [1.807, 2.05) is 6.92 Å². The molecule has 8 heteroatoms. The first-order valence-electron chi connectivity index (χ1n) is 6.28. The number of allylic oxidation sites excluding steroid dienone is 1. The molecule has 116 valence electrons. The van der Waals surface area contributed by atoms with Gasteiger partial charge in [-0.25, -0.2) is 0 Å². The van der Waals surface area contributed by atoms with Crippen molar-refractivity contribution < 1.29 is 24.9 Å². The Morgan fingerprint density at radius 3 is 2.68 bits per heavy atom. The Labute approximate surface area is 131 Å². The minimum Gasteiger partial charge on any atom is -0.456 e. The zero-order chi connectivity index (χ0) is 16.7. The first-order chi connectivity index (χ1) is 10.3. The number of Topliss-reactive ketones (excluding diaryl/α,β-unsaturated/α-hetero) is 1. The number of ketones is 1. The van der Waals surface area contributed by atoms with E-state index in [0.29, 0.717) is 4.88 Å². The van der Waals surface area contributed by atoms with Gasteiger partial charge in [0.05, 0.1) is 10.9 Å². The van der Waals surface area contributed by atoms with E-state index in [2.05, 4.69) is 17.6 Å². The third-order valence-corrected chi connectivity index (χ3v) is 3.59. The highest BCUT2D eigenvalue weighted by Gasteiger charge is 2.23. The van der Waals surface area contributed by atoms with Gasteiger partial charge in [-0.3, -0.25) is 14.4 Å².